The zero-order valence-electron chi connectivity index (χ0n) is 14.0. The number of hydrogen-bond donors (Lipinski definition) is 1. The van der Waals surface area contributed by atoms with Gasteiger partial charge in [0.25, 0.3) is 5.56 Å². The van der Waals surface area contributed by atoms with Crippen molar-refractivity contribution >= 4 is 11.8 Å². The van der Waals surface area contributed by atoms with Gasteiger partial charge in [-0.25, -0.2) is 4.98 Å². The van der Waals surface area contributed by atoms with E-state index in [1.807, 2.05) is 6.07 Å². The molecular formula is C19H12F3N3OS. The highest BCUT2D eigenvalue weighted by molar-refractivity contribution is 7.98. The van der Waals surface area contributed by atoms with Crippen LogP contribution >= 0.6 is 11.8 Å². The smallest absolute Gasteiger partial charge is 0.300 e. The molecule has 0 aliphatic carbocycles. The molecule has 1 heterocycles. The molecule has 3 aromatic rings. The van der Waals surface area contributed by atoms with Crippen LogP contribution in [-0.2, 0) is 6.18 Å². The van der Waals surface area contributed by atoms with E-state index < -0.39 is 17.3 Å². The maximum Gasteiger partial charge on any atom is 0.416 e. The Morgan fingerprint density at radius 1 is 1.07 bits per heavy atom. The van der Waals surface area contributed by atoms with E-state index in [4.69, 9.17) is 0 Å². The third-order valence-corrected chi connectivity index (χ3v) is 4.46. The summed E-state index contributed by atoms with van der Waals surface area (Å²) in [4.78, 5) is 18.8. The fourth-order valence-electron chi connectivity index (χ4n) is 2.56. The van der Waals surface area contributed by atoms with Crippen LogP contribution in [0.25, 0.3) is 22.4 Å². The van der Waals surface area contributed by atoms with Gasteiger partial charge in [-0.15, -0.1) is 0 Å². The summed E-state index contributed by atoms with van der Waals surface area (Å²) < 4.78 is 38.7. The normalized spacial score (nSPS) is 11.2. The number of nitrogens with zero attached hydrogens (tertiary/aromatic N) is 2. The molecule has 0 saturated carbocycles. The molecule has 0 saturated heterocycles. The molecule has 0 aliphatic heterocycles. The minimum Gasteiger partial charge on any atom is -0.300 e. The highest BCUT2D eigenvalue weighted by Crippen LogP contribution is 2.32. The summed E-state index contributed by atoms with van der Waals surface area (Å²) in [5.41, 5.74) is 0.397. The average molecular weight is 387 g/mol. The van der Waals surface area contributed by atoms with Crippen LogP contribution < -0.4 is 5.56 Å². The number of rotatable bonds is 3. The van der Waals surface area contributed by atoms with Crippen molar-refractivity contribution < 1.29 is 13.2 Å². The molecule has 0 atom stereocenters. The Balaban J connectivity index is 2.04. The monoisotopic (exact) mass is 387 g/mol. The minimum absolute atomic E-state index is 0.111. The zero-order chi connectivity index (χ0) is 19.6. The molecule has 0 aliphatic rings. The van der Waals surface area contributed by atoms with Crippen LogP contribution in [0.3, 0.4) is 0 Å². The Hall–Kier alpha value is -3.05. The van der Waals surface area contributed by atoms with Crippen LogP contribution in [0.15, 0.2) is 58.5 Å². The van der Waals surface area contributed by atoms with E-state index in [0.717, 1.165) is 12.1 Å². The number of alkyl halides is 3. The first-order chi connectivity index (χ1) is 12.8. The molecule has 0 radical (unpaired) electrons. The SMILES string of the molecule is CSc1nc(-c2ccc(-c3cccc(C(F)(F)F)c3)cc2)c(C#N)c(=O)[nH]1. The van der Waals surface area contributed by atoms with Gasteiger partial charge in [-0.05, 0) is 29.5 Å². The first kappa shape index (κ1) is 18.7. The van der Waals surface area contributed by atoms with Crippen LogP contribution in [0, 0.1) is 11.3 Å². The van der Waals surface area contributed by atoms with Gasteiger partial charge >= 0.3 is 6.18 Å². The summed E-state index contributed by atoms with van der Waals surface area (Å²) >= 11 is 1.23. The highest BCUT2D eigenvalue weighted by Gasteiger charge is 2.30. The van der Waals surface area contributed by atoms with E-state index in [9.17, 15) is 23.2 Å². The largest absolute Gasteiger partial charge is 0.416 e. The van der Waals surface area contributed by atoms with E-state index >= 15 is 0 Å². The summed E-state index contributed by atoms with van der Waals surface area (Å²) in [5, 5.41) is 9.61. The van der Waals surface area contributed by atoms with Crippen LogP contribution in [0.2, 0.25) is 0 Å². The van der Waals surface area contributed by atoms with Crippen molar-refractivity contribution in [1.29, 1.82) is 5.26 Å². The first-order valence-electron chi connectivity index (χ1n) is 7.70. The van der Waals surface area contributed by atoms with E-state index in [1.165, 1.54) is 17.8 Å². The Kier molecular flexibility index (Phi) is 5.06. The van der Waals surface area contributed by atoms with Gasteiger partial charge in [-0.2, -0.15) is 18.4 Å². The number of benzene rings is 2. The Labute approximate surface area is 156 Å². The highest BCUT2D eigenvalue weighted by atomic mass is 32.2. The second-order valence-electron chi connectivity index (χ2n) is 5.57. The summed E-state index contributed by atoms with van der Waals surface area (Å²) in [6.07, 6.45) is -2.67. The van der Waals surface area contributed by atoms with Gasteiger partial charge in [-0.3, -0.25) is 4.79 Å². The number of nitrogens with one attached hydrogen (secondary N) is 1. The lowest BCUT2D eigenvalue weighted by atomic mass is 10.00. The molecule has 4 nitrogen and oxygen atoms in total. The first-order valence-corrected chi connectivity index (χ1v) is 8.92. The third-order valence-electron chi connectivity index (χ3n) is 3.88. The molecule has 0 fully saturated rings. The molecule has 136 valence electrons. The molecule has 0 amide bonds. The van der Waals surface area contributed by atoms with Crippen LogP contribution in [0.4, 0.5) is 13.2 Å². The molecule has 1 N–H and O–H groups in total. The fourth-order valence-corrected chi connectivity index (χ4v) is 2.93. The van der Waals surface area contributed by atoms with Crippen molar-refractivity contribution in [3.8, 4) is 28.5 Å². The van der Waals surface area contributed by atoms with Gasteiger partial charge in [0.05, 0.1) is 11.3 Å². The van der Waals surface area contributed by atoms with E-state index in [-0.39, 0.29) is 11.3 Å². The molecule has 1 aromatic heterocycles. The third kappa shape index (κ3) is 3.88. The number of aromatic amines is 1. The van der Waals surface area contributed by atoms with E-state index in [0.29, 0.717) is 21.8 Å². The predicted octanol–water partition coefficient (Wildman–Crippen LogP) is 4.72. The Morgan fingerprint density at radius 2 is 1.74 bits per heavy atom. The maximum atomic E-state index is 12.9. The molecule has 0 unspecified atom stereocenters. The Bertz CT molecular complexity index is 1080. The van der Waals surface area contributed by atoms with Crippen molar-refractivity contribution in [1.82, 2.24) is 9.97 Å². The summed E-state index contributed by atoms with van der Waals surface area (Å²) in [6, 6.07) is 13.4. The lowest BCUT2D eigenvalue weighted by molar-refractivity contribution is -0.137. The van der Waals surface area contributed by atoms with Crippen molar-refractivity contribution in [3.05, 3.63) is 70.0 Å². The summed E-state index contributed by atoms with van der Waals surface area (Å²) in [5.74, 6) is 0. The van der Waals surface area contributed by atoms with Crippen molar-refractivity contribution in [2.24, 2.45) is 0 Å². The number of thioether (sulfide) groups is 1. The molecule has 2 aromatic carbocycles. The summed E-state index contributed by atoms with van der Waals surface area (Å²) in [7, 11) is 0. The number of hydrogen-bond acceptors (Lipinski definition) is 4. The predicted molar refractivity (Wildman–Crippen MR) is 97.2 cm³/mol. The Morgan fingerprint density at radius 3 is 2.33 bits per heavy atom. The number of H-pyrrole nitrogens is 1. The molecule has 8 heteroatoms. The van der Waals surface area contributed by atoms with Gasteiger partial charge in [0.15, 0.2) is 5.16 Å². The number of nitriles is 1. The van der Waals surface area contributed by atoms with E-state index in [2.05, 4.69) is 9.97 Å². The van der Waals surface area contributed by atoms with Gasteiger partial charge in [0, 0.05) is 5.56 Å². The van der Waals surface area contributed by atoms with Crippen molar-refractivity contribution in [3.63, 3.8) is 0 Å². The standard InChI is InChI=1S/C19H12F3N3OS/c1-27-18-24-16(15(10-23)17(26)25-18)12-7-5-11(6-8-12)13-3-2-4-14(9-13)19(20,21)22/h2-9H,1H3,(H,24,25,26). The molecule has 27 heavy (non-hydrogen) atoms. The average Bonchev–Trinajstić information content (AvgIpc) is 2.67. The molecule has 0 bridgehead atoms. The number of halogens is 3. The maximum absolute atomic E-state index is 12.9. The van der Waals surface area contributed by atoms with Gasteiger partial charge in [0.2, 0.25) is 0 Å². The fraction of sp³-hybridized carbons (Fsp3) is 0.105. The van der Waals surface area contributed by atoms with Gasteiger partial charge < -0.3 is 4.98 Å². The molecule has 3 rings (SSSR count). The topological polar surface area (TPSA) is 69.5 Å². The quantitative estimate of drug-likeness (QED) is 0.522. The lowest BCUT2D eigenvalue weighted by Crippen LogP contribution is -2.14. The lowest BCUT2D eigenvalue weighted by Gasteiger charge is -2.10. The van der Waals surface area contributed by atoms with E-state index in [1.54, 1.807) is 36.6 Å². The number of aromatic nitrogens is 2. The molecule has 0 spiro atoms. The van der Waals surface area contributed by atoms with Crippen LogP contribution in [-0.4, -0.2) is 16.2 Å². The van der Waals surface area contributed by atoms with Crippen molar-refractivity contribution in [2.45, 2.75) is 11.3 Å². The zero-order valence-corrected chi connectivity index (χ0v) is 14.8. The minimum atomic E-state index is -4.42. The summed E-state index contributed by atoms with van der Waals surface area (Å²) in [6.45, 7) is 0. The second kappa shape index (κ2) is 7.29. The van der Waals surface area contributed by atoms with Crippen LogP contribution in [0.5, 0.6) is 0 Å². The van der Waals surface area contributed by atoms with Crippen LogP contribution in [0.1, 0.15) is 11.1 Å². The molecular weight excluding hydrogens is 375 g/mol. The second-order valence-corrected chi connectivity index (χ2v) is 6.36. The van der Waals surface area contributed by atoms with Crippen molar-refractivity contribution in [2.75, 3.05) is 6.26 Å². The van der Waals surface area contributed by atoms with Gasteiger partial charge in [0.1, 0.15) is 11.6 Å². The van der Waals surface area contributed by atoms with Gasteiger partial charge in [-0.1, -0.05) is 48.2 Å².